The first kappa shape index (κ1) is 29.2. The molecule has 39 heavy (non-hydrogen) atoms. The van der Waals surface area contributed by atoms with Gasteiger partial charge in [0.2, 0.25) is 0 Å². The number of aryl methyl sites for hydroxylation is 1. The Labute approximate surface area is 229 Å². The zero-order chi connectivity index (χ0) is 28.5. The highest BCUT2D eigenvalue weighted by molar-refractivity contribution is 7.91. The van der Waals surface area contributed by atoms with Crippen molar-refractivity contribution in [1.82, 2.24) is 20.2 Å². The van der Waals surface area contributed by atoms with Crippen LogP contribution >= 0.6 is 11.3 Å². The summed E-state index contributed by atoms with van der Waals surface area (Å²) in [5.74, 6) is -0.777. The fraction of sp³-hybridized carbons (Fsp3) is 0.600. The van der Waals surface area contributed by atoms with Crippen LogP contribution in [0.15, 0.2) is 12.3 Å². The summed E-state index contributed by atoms with van der Waals surface area (Å²) in [5.41, 5.74) is 1.16. The molecule has 2 N–H and O–H groups in total. The lowest BCUT2D eigenvalue weighted by Crippen LogP contribution is -2.40. The number of alkyl halides is 3. The summed E-state index contributed by atoms with van der Waals surface area (Å²) in [4.78, 5) is 37.4. The van der Waals surface area contributed by atoms with Gasteiger partial charge in [0.25, 0.3) is 11.8 Å². The summed E-state index contributed by atoms with van der Waals surface area (Å²) in [7, 11) is -3.10. The summed E-state index contributed by atoms with van der Waals surface area (Å²) >= 11 is 1.01. The molecule has 0 bridgehead atoms. The first-order chi connectivity index (χ1) is 18.3. The maximum Gasteiger partial charge on any atom is 0.408 e. The molecule has 2 aromatic rings. The van der Waals surface area contributed by atoms with E-state index in [9.17, 15) is 31.2 Å². The third-order valence-electron chi connectivity index (χ3n) is 7.21. The minimum absolute atomic E-state index is 0.00384. The van der Waals surface area contributed by atoms with Crippen molar-refractivity contribution in [3.63, 3.8) is 0 Å². The number of pyridine rings is 1. The fourth-order valence-electron chi connectivity index (χ4n) is 4.86. The topological polar surface area (TPSA) is 121 Å². The van der Waals surface area contributed by atoms with Crippen molar-refractivity contribution in [1.29, 1.82) is 0 Å². The number of carbonyl (C=O) groups excluding carboxylic acids is 2. The number of nitrogens with one attached hydrogen (secondary N) is 2. The Kier molecular flexibility index (Phi) is 8.55. The van der Waals surface area contributed by atoms with Gasteiger partial charge in [-0.05, 0) is 57.6 Å². The average Bonchev–Trinajstić information content (AvgIpc) is 3.49. The van der Waals surface area contributed by atoms with E-state index in [2.05, 4.69) is 20.6 Å². The van der Waals surface area contributed by atoms with Gasteiger partial charge >= 0.3 is 6.18 Å². The lowest BCUT2D eigenvalue weighted by Gasteiger charge is -2.22. The van der Waals surface area contributed by atoms with Crippen LogP contribution in [0.3, 0.4) is 0 Å². The van der Waals surface area contributed by atoms with Crippen molar-refractivity contribution in [2.75, 3.05) is 23.4 Å². The van der Waals surface area contributed by atoms with E-state index in [1.54, 1.807) is 11.8 Å². The largest absolute Gasteiger partial charge is 0.408 e. The van der Waals surface area contributed by atoms with Gasteiger partial charge in [0, 0.05) is 30.4 Å². The predicted molar refractivity (Wildman–Crippen MR) is 143 cm³/mol. The number of hydrogen-bond donors (Lipinski definition) is 2. The normalized spacial score (nSPS) is 20.6. The van der Waals surface area contributed by atoms with E-state index >= 15 is 0 Å². The van der Waals surface area contributed by atoms with E-state index in [4.69, 9.17) is 0 Å². The first-order valence-electron chi connectivity index (χ1n) is 12.9. The number of halogens is 3. The third kappa shape index (κ3) is 6.71. The van der Waals surface area contributed by atoms with Crippen LogP contribution in [-0.4, -0.2) is 77.5 Å². The van der Waals surface area contributed by atoms with Crippen molar-refractivity contribution in [2.24, 2.45) is 0 Å². The van der Waals surface area contributed by atoms with Crippen molar-refractivity contribution in [3.8, 4) is 10.4 Å². The van der Waals surface area contributed by atoms with Crippen LogP contribution in [0.2, 0.25) is 0 Å². The maximum absolute atomic E-state index is 13.5. The average molecular weight is 588 g/mol. The number of anilines is 1. The Balaban J connectivity index is 1.65. The van der Waals surface area contributed by atoms with Crippen molar-refractivity contribution in [3.05, 3.63) is 28.5 Å². The zero-order valence-corrected chi connectivity index (χ0v) is 23.6. The number of nitrogens with zero attached hydrogens (tertiary/aromatic N) is 3. The molecule has 9 nitrogen and oxygen atoms in total. The lowest BCUT2D eigenvalue weighted by atomic mass is 10.1. The van der Waals surface area contributed by atoms with Crippen LogP contribution in [0.4, 0.5) is 19.0 Å². The van der Waals surface area contributed by atoms with Gasteiger partial charge in [-0.3, -0.25) is 9.59 Å². The molecule has 14 heteroatoms. The number of aromatic nitrogens is 2. The monoisotopic (exact) mass is 587 g/mol. The Hall–Kier alpha value is -2.74. The number of hydrogen-bond acceptors (Lipinski definition) is 8. The van der Waals surface area contributed by atoms with Crippen LogP contribution in [0.1, 0.15) is 71.8 Å². The van der Waals surface area contributed by atoms with Gasteiger partial charge in [-0.15, -0.1) is 11.3 Å². The molecule has 214 valence electrons. The SMILES string of the molecule is CC[C@H](Nc1cc(C)c(-c2sc(C(=O)NC3CCS(=O)(=O)CC3)nc2C(=O)N2CCC[C@@H]2C)cn1)C(F)(F)F. The van der Waals surface area contributed by atoms with Gasteiger partial charge in [-0.1, -0.05) is 6.92 Å². The van der Waals surface area contributed by atoms with Crippen LogP contribution in [0, 0.1) is 6.92 Å². The Morgan fingerprint density at radius 3 is 2.49 bits per heavy atom. The van der Waals surface area contributed by atoms with Crippen molar-refractivity contribution >= 4 is 38.8 Å². The summed E-state index contributed by atoms with van der Waals surface area (Å²) < 4.78 is 63.2. The molecule has 0 saturated carbocycles. The number of thiazole rings is 1. The van der Waals surface area contributed by atoms with E-state index in [0.29, 0.717) is 35.4 Å². The van der Waals surface area contributed by atoms with Gasteiger partial charge < -0.3 is 15.5 Å². The van der Waals surface area contributed by atoms with Gasteiger partial charge in [-0.2, -0.15) is 13.2 Å². The predicted octanol–water partition coefficient (Wildman–Crippen LogP) is 4.20. The van der Waals surface area contributed by atoms with Crippen LogP contribution in [0.5, 0.6) is 0 Å². The molecule has 4 heterocycles. The highest BCUT2D eigenvalue weighted by Gasteiger charge is 2.38. The maximum atomic E-state index is 13.5. The molecule has 2 saturated heterocycles. The molecule has 0 unspecified atom stereocenters. The quantitative estimate of drug-likeness (QED) is 0.498. The summed E-state index contributed by atoms with van der Waals surface area (Å²) in [5, 5.41) is 5.31. The standard InChI is InChI=1S/C25H32F3N5O4S2/c1-4-18(25(26,27)28)31-19-12-14(2)17(13-29-19)21-20(24(35)33-9-5-6-15(33)3)32-23(38-21)22(34)30-16-7-10-39(36,37)11-8-16/h12-13,15-16,18H,4-11H2,1-3H3,(H,29,31)(H,30,34)/t15-,18-/m0/s1. The molecule has 2 fully saturated rings. The van der Waals surface area contributed by atoms with E-state index in [1.807, 2.05) is 6.92 Å². The van der Waals surface area contributed by atoms with E-state index in [0.717, 1.165) is 24.2 Å². The number of rotatable bonds is 7. The summed E-state index contributed by atoms with van der Waals surface area (Å²) in [6, 6.07) is -0.580. The van der Waals surface area contributed by atoms with Crippen molar-refractivity contribution < 1.29 is 31.2 Å². The third-order valence-corrected chi connectivity index (χ3v) is 10.0. The van der Waals surface area contributed by atoms with Gasteiger partial charge in [0.1, 0.15) is 27.4 Å². The highest BCUT2D eigenvalue weighted by Crippen LogP contribution is 2.36. The number of sulfone groups is 1. The van der Waals surface area contributed by atoms with Gasteiger partial charge in [0.15, 0.2) is 5.01 Å². The zero-order valence-electron chi connectivity index (χ0n) is 22.0. The van der Waals surface area contributed by atoms with E-state index in [-0.39, 0.29) is 52.4 Å². The second-order valence-electron chi connectivity index (χ2n) is 10.1. The van der Waals surface area contributed by atoms with Crippen LogP contribution in [-0.2, 0) is 9.84 Å². The number of carbonyl (C=O) groups is 2. The summed E-state index contributed by atoms with van der Waals surface area (Å²) in [6.45, 7) is 5.63. The van der Waals surface area contributed by atoms with Crippen LogP contribution in [0.25, 0.3) is 10.4 Å². The Morgan fingerprint density at radius 2 is 1.92 bits per heavy atom. The molecule has 2 aliphatic rings. The molecule has 0 radical (unpaired) electrons. The molecule has 2 amide bonds. The molecule has 2 aromatic heterocycles. The lowest BCUT2D eigenvalue weighted by molar-refractivity contribution is -0.142. The second-order valence-corrected chi connectivity index (χ2v) is 13.4. The Morgan fingerprint density at radius 1 is 1.23 bits per heavy atom. The van der Waals surface area contributed by atoms with E-state index < -0.39 is 28.0 Å². The highest BCUT2D eigenvalue weighted by atomic mass is 32.2. The van der Waals surface area contributed by atoms with Crippen molar-refractivity contribution in [2.45, 2.75) is 77.2 Å². The fourth-order valence-corrected chi connectivity index (χ4v) is 7.39. The number of likely N-dealkylation sites (tertiary alicyclic amines) is 1. The minimum atomic E-state index is -4.43. The molecular weight excluding hydrogens is 555 g/mol. The molecule has 0 aliphatic carbocycles. The Bertz CT molecular complexity index is 1330. The van der Waals surface area contributed by atoms with Crippen LogP contribution < -0.4 is 10.6 Å². The van der Waals surface area contributed by atoms with Gasteiger partial charge in [-0.25, -0.2) is 18.4 Å². The second kappa shape index (κ2) is 11.4. The summed E-state index contributed by atoms with van der Waals surface area (Å²) in [6.07, 6.45) is -0.900. The molecular formula is C25H32F3N5O4S2. The smallest absolute Gasteiger partial charge is 0.359 e. The number of amides is 2. The molecule has 0 spiro atoms. The van der Waals surface area contributed by atoms with E-state index in [1.165, 1.54) is 19.2 Å². The molecule has 0 aromatic carbocycles. The molecule has 2 aliphatic heterocycles. The molecule has 2 atom stereocenters. The molecule has 4 rings (SSSR count). The first-order valence-corrected chi connectivity index (χ1v) is 15.6. The van der Waals surface area contributed by atoms with Gasteiger partial charge in [0.05, 0.1) is 16.4 Å². The minimum Gasteiger partial charge on any atom is -0.359 e.